The van der Waals surface area contributed by atoms with Gasteiger partial charge in [0.2, 0.25) is 0 Å². The van der Waals surface area contributed by atoms with Crippen LogP contribution in [0.15, 0.2) is 146 Å². The summed E-state index contributed by atoms with van der Waals surface area (Å²) in [6, 6.07) is 50.1. The van der Waals surface area contributed by atoms with Crippen molar-refractivity contribution in [3.05, 3.63) is 146 Å². The highest BCUT2D eigenvalue weighted by molar-refractivity contribution is 6.20. The third-order valence-corrected chi connectivity index (χ3v) is 7.68. The molecule has 0 N–H and O–H groups in total. The van der Waals surface area contributed by atoms with E-state index in [2.05, 4.69) is 118 Å². The molecule has 0 aliphatic rings. The molecular formula is C36H24BN2O2. The molecule has 5 heteroatoms. The van der Waals surface area contributed by atoms with Crippen LogP contribution in [0.4, 0.5) is 0 Å². The molecule has 2 heterocycles. The smallest absolute Gasteiger partial charge is 0.526 e. The van der Waals surface area contributed by atoms with Crippen LogP contribution in [0.3, 0.4) is 0 Å². The van der Waals surface area contributed by atoms with E-state index in [1.165, 1.54) is 29.2 Å². The van der Waals surface area contributed by atoms with E-state index in [9.17, 15) is 0 Å². The molecule has 0 amide bonds. The maximum atomic E-state index is 5.98. The van der Waals surface area contributed by atoms with E-state index < -0.39 is 0 Å². The molecule has 8 rings (SSSR count). The Bertz CT molecular complexity index is 1950. The Hall–Kier alpha value is -5.42. The van der Waals surface area contributed by atoms with E-state index in [-0.39, 0.29) is 0 Å². The van der Waals surface area contributed by atoms with Gasteiger partial charge in [-0.15, -0.1) is 0 Å². The molecule has 193 valence electrons. The van der Waals surface area contributed by atoms with E-state index in [1.54, 1.807) is 0 Å². The quantitative estimate of drug-likeness (QED) is 0.202. The van der Waals surface area contributed by atoms with Gasteiger partial charge in [-0.2, -0.15) is 0 Å². The average Bonchev–Trinajstić information content (AvgIpc) is 3.55. The van der Waals surface area contributed by atoms with Crippen LogP contribution in [0.2, 0.25) is 0 Å². The molecule has 0 atom stereocenters. The van der Waals surface area contributed by atoms with Crippen molar-refractivity contribution in [3.8, 4) is 22.9 Å². The number of fused-ring (bicyclic) bond motifs is 6. The average molecular weight is 527 g/mol. The van der Waals surface area contributed by atoms with E-state index in [0.717, 1.165) is 33.4 Å². The summed E-state index contributed by atoms with van der Waals surface area (Å²) in [5.41, 5.74) is 6.70. The fourth-order valence-corrected chi connectivity index (χ4v) is 5.93. The number of rotatable bonds is 6. The van der Waals surface area contributed by atoms with E-state index in [0.29, 0.717) is 11.5 Å². The summed E-state index contributed by atoms with van der Waals surface area (Å²) in [6.07, 6.45) is 0. The van der Waals surface area contributed by atoms with Crippen molar-refractivity contribution >= 4 is 51.3 Å². The van der Waals surface area contributed by atoms with Crippen LogP contribution in [0.5, 0.6) is 11.5 Å². The van der Waals surface area contributed by atoms with E-state index in [1.807, 2.05) is 36.4 Å². The Kier molecular flexibility index (Phi) is 5.52. The molecule has 0 saturated heterocycles. The van der Waals surface area contributed by atoms with Crippen LogP contribution in [0, 0.1) is 0 Å². The number of para-hydroxylation sites is 4. The number of hydrogen-bond acceptors (Lipinski definition) is 2. The minimum atomic E-state index is 0.697. The minimum absolute atomic E-state index is 0.697. The first kappa shape index (κ1) is 23.5. The highest BCUT2D eigenvalue weighted by Crippen LogP contribution is 2.34. The fraction of sp³-hybridized carbons (Fsp3) is 0. The molecule has 0 bridgehead atoms. The lowest BCUT2D eigenvalue weighted by Gasteiger charge is -2.12. The van der Waals surface area contributed by atoms with E-state index >= 15 is 0 Å². The maximum absolute atomic E-state index is 5.98. The third-order valence-electron chi connectivity index (χ3n) is 7.68. The zero-order valence-corrected chi connectivity index (χ0v) is 22.1. The summed E-state index contributed by atoms with van der Waals surface area (Å²) >= 11 is 0. The molecule has 6 aromatic carbocycles. The van der Waals surface area contributed by atoms with Gasteiger partial charge in [0.05, 0.1) is 22.1 Å². The predicted octanol–water partition coefficient (Wildman–Crippen LogP) is 8.87. The normalized spacial score (nSPS) is 11.4. The van der Waals surface area contributed by atoms with Crippen molar-refractivity contribution in [3.63, 3.8) is 0 Å². The molecule has 0 aliphatic heterocycles. The SMILES string of the molecule is [B](Oc1cccc(-n2c3ccccc3c3ccccc32)c1)Oc1cccc(-n2c3ccccc3c3ccccc32)c1. The van der Waals surface area contributed by atoms with Gasteiger partial charge in [-0.3, -0.25) is 0 Å². The number of aromatic nitrogens is 2. The van der Waals surface area contributed by atoms with Gasteiger partial charge in [0.25, 0.3) is 0 Å². The second kappa shape index (κ2) is 9.65. The first-order valence-corrected chi connectivity index (χ1v) is 13.7. The summed E-state index contributed by atoms with van der Waals surface area (Å²) in [5, 5.41) is 4.92. The fourth-order valence-electron chi connectivity index (χ4n) is 5.93. The van der Waals surface area contributed by atoms with Gasteiger partial charge in [-0.25, -0.2) is 0 Å². The Morgan fingerprint density at radius 1 is 0.366 bits per heavy atom. The largest absolute Gasteiger partial charge is 0.658 e. The van der Waals surface area contributed by atoms with Gasteiger partial charge in [-0.05, 0) is 48.5 Å². The molecule has 1 radical (unpaired) electrons. The topological polar surface area (TPSA) is 28.3 Å². The monoisotopic (exact) mass is 527 g/mol. The van der Waals surface area contributed by atoms with Crippen molar-refractivity contribution in [2.24, 2.45) is 0 Å². The molecule has 0 saturated carbocycles. The molecule has 4 nitrogen and oxygen atoms in total. The van der Waals surface area contributed by atoms with Crippen molar-refractivity contribution in [1.29, 1.82) is 0 Å². The molecule has 41 heavy (non-hydrogen) atoms. The summed E-state index contributed by atoms with van der Waals surface area (Å²) < 4.78 is 16.5. The standard InChI is InChI=1S/C36H24BN2O2/c1-5-19-33-29(15-1)30-16-2-6-20-34(30)38(33)25-11-9-13-27(23-25)40-37-41-28-14-10-12-26(24-28)39-35-21-7-3-17-31(35)32-18-4-8-22-36(32)39/h1-24H. The second-order valence-electron chi connectivity index (χ2n) is 10.1. The van der Waals surface area contributed by atoms with Crippen molar-refractivity contribution in [1.82, 2.24) is 9.13 Å². The lowest BCUT2D eigenvalue weighted by molar-refractivity contribution is 0.459. The lowest BCUT2D eigenvalue weighted by Crippen LogP contribution is -2.11. The maximum Gasteiger partial charge on any atom is 0.658 e. The number of hydrogen-bond donors (Lipinski definition) is 0. The van der Waals surface area contributed by atoms with Gasteiger partial charge in [0, 0.05) is 45.1 Å². The van der Waals surface area contributed by atoms with E-state index in [4.69, 9.17) is 9.31 Å². The van der Waals surface area contributed by atoms with Gasteiger partial charge in [0.15, 0.2) is 0 Å². The molecule has 8 aromatic rings. The second-order valence-corrected chi connectivity index (χ2v) is 10.1. The first-order chi connectivity index (χ1) is 20.3. The summed E-state index contributed by atoms with van der Waals surface area (Å²) in [5.74, 6) is 1.39. The van der Waals surface area contributed by atoms with Gasteiger partial charge in [0.1, 0.15) is 11.5 Å². The molecule has 0 spiro atoms. The predicted molar refractivity (Wildman–Crippen MR) is 169 cm³/mol. The molecular weight excluding hydrogens is 503 g/mol. The third kappa shape index (κ3) is 3.94. The Balaban J connectivity index is 1.07. The van der Waals surface area contributed by atoms with Gasteiger partial charge < -0.3 is 18.4 Å². The number of benzene rings is 6. The zero-order chi connectivity index (χ0) is 27.2. The Morgan fingerprint density at radius 2 is 0.707 bits per heavy atom. The highest BCUT2D eigenvalue weighted by Gasteiger charge is 2.14. The zero-order valence-electron chi connectivity index (χ0n) is 22.1. The Labute approximate surface area is 237 Å². The summed E-state index contributed by atoms with van der Waals surface area (Å²) in [7, 11) is 1.40. The van der Waals surface area contributed by atoms with Crippen molar-refractivity contribution < 1.29 is 9.31 Å². The van der Waals surface area contributed by atoms with Crippen LogP contribution in [0.25, 0.3) is 55.0 Å². The Morgan fingerprint density at radius 3 is 1.07 bits per heavy atom. The molecule has 0 unspecified atom stereocenters. The minimum Gasteiger partial charge on any atom is -0.526 e. The summed E-state index contributed by atoms with van der Waals surface area (Å²) in [4.78, 5) is 0. The molecule has 0 fully saturated rings. The van der Waals surface area contributed by atoms with Crippen LogP contribution >= 0.6 is 0 Å². The van der Waals surface area contributed by atoms with Crippen molar-refractivity contribution in [2.45, 2.75) is 0 Å². The molecule has 0 aliphatic carbocycles. The molecule has 2 aromatic heterocycles. The van der Waals surface area contributed by atoms with Crippen LogP contribution < -0.4 is 9.31 Å². The van der Waals surface area contributed by atoms with Crippen LogP contribution in [0.1, 0.15) is 0 Å². The first-order valence-electron chi connectivity index (χ1n) is 13.7. The van der Waals surface area contributed by atoms with Crippen LogP contribution in [-0.4, -0.2) is 16.8 Å². The van der Waals surface area contributed by atoms with Gasteiger partial charge >= 0.3 is 7.69 Å². The summed E-state index contributed by atoms with van der Waals surface area (Å²) in [6.45, 7) is 0. The van der Waals surface area contributed by atoms with Crippen molar-refractivity contribution in [2.75, 3.05) is 0 Å². The number of nitrogens with zero attached hydrogens (tertiary/aromatic N) is 2. The highest BCUT2D eigenvalue weighted by atomic mass is 16.6. The lowest BCUT2D eigenvalue weighted by atomic mass is 10.2. The van der Waals surface area contributed by atoms with Gasteiger partial charge in [-0.1, -0.05) is 84.9 Å². The van der Waals surface area contributed by atoms with Crippen LogP contribution in [-0.2, 0) is 0 Å².